The molecule has 0 aliphatic carbocycles. The zero-order chi connectivity index (χ0) is 17.9. The van der Waals surface area contributed by atoms with Crippen molar-refractivity contribution in [2.24, 2.45) is 0 Å². The third-order valence-corrected chi connectivity index (χ3v) is 3.71. The molecule has 6 nitrogen and oxygen atoms in total. The molecular formula is C17H22BrN3O3. The van der Waals surface area contributed by atoms with Gasteiger partial charge in [0.05, 0.1) is 6.54 Å². The minimum absolute atomic E-state index is 0.338. The fourth-order valence-corrected chi connectivity index (χ4v) is 2.50. The Morgan fingerprint density at radius 2 is 2.00 bits per heavy atom. The summed E-state index contributed by atoms with van der Waals surface area (Å²) in [5, 5.41) is 0.933. The fourth-order valence-electron chi connectivity index (χ4n) is 2.06. The van der Waals surface area contributed by atoms with Crippen LogP contribution in [-0.2, 0) is 4.74 Å². The number of aromatic nitrogens is 2. The van der Waals surface area contributed by atoms with Gasteiger partial charge in [-0.2, -0.15) is 0 Å². The summed E-state index contributed by atoms with van der Waals surface area (Å²) in [5.41, 5.74) is 1.13. The first-order valence-electron chi connectivity index (χ1n) is 7.65. The average molecular weight is 396 g/mol. The monoisotopic (exact) mass is 395 g/mol. The third-order valence-electron chi connectivity index (χ3n) is 3.26. The van der Waals surface area contributed by atoms with Gasteiger partial charge in [-0.05, 0) is 39.8 Å². The quantitative estimate of drug-likeness (QED) is 0.783. The number of carbonyl (C=O) groups is 1. The number of aryl methyl sites for hydroxylation is 1. The van der Waals surface area contributed by atoms with Gasteiger partial charge >= 0.3 is 6.09 Å². The molecule has 1 amide bonds. The van der Waals surface area contributed by atoms with Crippen LogP contribution in [0.4, 0.5) is 4.79 Å². The Labute approximate surface area is 150 Å². The molecule has 1 heterocycles. The number of benzene rings is 1. The van der Waals surface area contributed by atoms with E-state index in [1.54, 1.807) is 7.05 Å². The van der Waals surface area contributed by atoms with Crippen molar-refractivity contribution in [2.75, 3.05) is 20.2 Å². The lowest BCUT2D eigenvalue weighted by molar-refractivity contribution is 0.0278. The molecule has 7 heteroatoms. The number of likely N-dealkylation sites (N-methyl/N-ethyl adjacent to an activating group) is 1. The van der Waals surface area contributed by atoms with Gasteiger partial charge < -0.3 is 14.4 Å². The number of carbonyl (C=O) groups excluding carboxylic acids is 1. The van der Waals surface area contributed by atoms with E-state index in [2.05, 4.69) is 25.9 Å². The van der Waals surface area contributed by atoms with Crippen molar-refractivity contribution in [3.63, 3.8) is 0 Å². The maximum Gasteiger partial charge on any atom is 0.410 e. The number of rotatable bonds is 4. The second kappa shape index (κ2) is 7.34. The first-order chi connectivity index (χ1) is 11.2. The number of ether oxygens (including phenoxy) is 2. The van der Waals surface area contributed by atoms with Gasteiger partial charge in [-0.15, -0.1) is 0 Å². The van der Waals surface area contributed by atoms with E-state index in [-0.39, 0.29) is 6.09 Å². The largest absolute Gasteiger partial charge is 0.489 e. The van der Waals surface area contributed by atoms with Gasteiger partial charge in [-0.3, -0.25) is 0 Å². The lowest BCUT2D eigenvalue weighted by Gasteiger charge is -2.24. The van der Waals surface area contributed by atoms with E-state index in [1.165, 1.54) is 11.2 Å². The second-order valence-corrected chi connectivity index (χ2v) is 7.43. The van der Waals surface area contributed by atoms with Crippen LogP contribution >= 0.6 is 15.9 Å². The molecule has 0 aliphatic heterocycles. The molecule has 0 radical (unpaired) electrons. The van der Waals surface area contributed by atoms with Crippen molar-refractivity contribution >= 4 is 32.9 Å². The number of nitrogens with zero attached hydrogens (tertiary/aromatic N) is 3. The Morgan fingerprint density at radius 1 is 1.29 bits per heavy atom. The van der Waals surface area contributed by atoms with Crippen LogP contribution in [0.1, 0.15) is 26.5 Å². The Bertz CT molecular complexity index is 744. The van der Waals surface area contributed by atoms with Crippen molar-refractivity contribution in [3.05, 3.63) is 28.6 Å². The summed E-state index contributed by atoms with van der Waals surface area (Å²) in [5.74, 6) is 0.655. The number of hydrogen-bond donors (Lipinski definition) is 0. The minimum Gasteiger partial charge on any atom is -0.489 e. The molecule has 0 saturated heterocycles. The molecule has 24 heavy (non-hydrogen) atoms. The van der Waals surface area contributed by atoms with Crippen LogP contribution in [0.15, 0.2) is 22.9 Å². The third kappa shape index (κ3) is 4.80. The smallest absolute Gasteiger partial charge is 0.410 e. The Morgan fingerprint density at radius 3 is 2.67 bits per heavy atom. The van der Waals surface area contributed by atoms with E-state index >= 15 is 0 Å². The van der Waals surface area contributed by atoms with Crippen molar-refractivity contribution < 1.29 is 14.3 Å². The molecule has 130 valence electrons. The summed E-state index contributed by atoms with van der Waals surface area (Å²) in [6.07, 6.45) is 1.15. The van der Waals surface area contributed by atoms with E-state index < -0.39 is 5.60 Å². The second-order valence-electron chi connectivity index (χ2n) is 6.51. The van der Waals surface area contributed by atoms with E-state index in [9.17, 15) is 4.79 Å². The lowest BCUT2D eigenvalue weighted by Crippen LogP contribution is -2.36. The molecule has 2 rings (SSSR count). The first kappa shape index (κ1) is 18.4. The fraction of sp³-hybridized carbons (Fsp3) is 0.471. The maximum atomic E-state index is 11.9. The highest BCUT2D eigenvalue weighted by Gasteiger charge is 2.19. The predicted molar refractivity (Wildman–Crippen MR) is 96.3 cm³/mol. The molecule has 0 saturated carbocycles. The van der Waals surface area contributed by atoms with Gasteiger partial charge in [0.25, 0.3) is 0 Å². The van der Waals surface area contributed by atoms with Crippen LogP contribution < -0.4 is 4.74 Å². The van der Waals surface area contributed by atoms with Crippen LogP contribution in [0, 0.1) is 6.92 Å². The maximum absolute atomic E-state index is 11.9. The highest BCUT2D eigenvalue weighted by molar-refractivity contribution is 9.10. The van der Waals surface area contributed by atoms with E-state index in [0.717, 1.165) is 21.1 Å². The number of halogens is 1. The zero-order valence-corrected chi connectivity index (χ0v) is 16.2. The van der Waals surface area contributed by atoms with Gasteiger partial charge in [-0.25, -0.2) is 14.8 Å². The molecule has 1 aromatic heterocycles. The summed E-state index contributed by atoms with van der Waals surface area (Å²) in [4.78, 5) is 21.9. The Hall–Kier alpha value is -1.89. The number of fused-ring (bicyclic) bond motifs is 1. The standard InChI is InChI=1S/C17H22BrN3O3/c1-11-13-8-12(18)9-14(15(13)20-10-19-11)23-7-6-21(5)16(22)24-17(2,3)4/h8-10H,6-7H2,1-5H3. The van der Waals surface area contributed by atoms with Gasteiger partial charge in [0.2, 0.25) is 0 Å². The number of amides is 1. The molecule has 0 N–H and O–H groups in total. The Kier molecular flexibility index (Phi) is 5.64. The van der Waals surface area contributed by atoms with Crippen LogP contribution in [0.3, 0.4) is 0 Å². The average Bonchev–Trinajstić information content (AvgIpc) is 2.46. The SMILES string of the molecule is Cc1ncnc2c(OCCN(C)C(=O)OC(C)(C)C)cc(Br)cc12. The van der Waals surface area contributed by atoms with Crippen LogP contribution in [0.5, 0.6) is 5.75 Å². The molecule has 2 aromatic rings. The van der Waals surface area contributed by atoms with E-state index in [1.807, 2.05) is 39.8 Å². The molecule has 0 aliphatic rings. The van der Waals surface area contributed by atoms with Crippen LogP contribution in [-0.4, -0.2) is 46.8 Å². The van der Waals surface area contributed by atoms with Crippen LogP contribution in [0.2, 0.25) is 0 Å². The highest BCUT2D eigenvalue weighted by atomic mass is 79.9. The van der Waals surface area contributed by atoms with Crippen molar-refractivity contribution in [1.29, 1.82) is 0 Å². The minimum atomic E-state index is -0.513. The molecule has 0 fully saturated rings. The van der Waals surface area contributed by atoms with Crippen molar-refractivity contribution in [1.82, 2.24) is 14.9 Å². The topological polar surface area (TPSA) is 64.6 Å². The summed E-state index contributed by atoms with van der Waals surface area (Å²) in [7, 11) is 1.68. The van der Waals surface area contributed by atoms with E-state index in [0.29, 0.717) is 18.9 Å². The molecule has 1 aromatic carbocycles. The molecule has 0 bridgehead atoms. The summed E-state index contributed by atoms with van der Waals surface area (Å²) < 4.78 is 12.0. The summed E-state index contributed by atoms with van der Waals surface area (Å²) in [6.45, 7) is 8.19. The summed E-state index contributed by atoms with van der Waals surface area (Å²) >= 11 is 3.47. The normalized spacial score (nSPS) is 11.4. The zero-order valence-electron chi connectivity index (χ0n) is 14.6. The molecule has 0 atom stereocenters. The van der Waals surface area contributed by atoms with Crippen molar-refractivity contribution in [2.45, 2.75) is 33.3 Å². The van der Waals surface area contributed by atoms with Gasteiger partial charge in [0, 0.05) is 22.6 Å². The predicted octanol–water partition coefficient (Wildman–Crippen LogP) is 3.95. The van der Waals surface area contributed by atoms with Gasteiger partial charge in [-0.1, -0.05) is 15.9 Å². The molecule has 0 unspecified atom stereocenters. The first-order valence-corrected chi connectivity index (χ1v) is 8.44. The summed E-state index contributed by atoms with van der Waals surface area (Å²) in [6, 6.07) is 3.83. The Balaban J connectivity index is 2.04. The van der Waals surface area contributed by atoms with Gasteiger partial charge in [0.15, 0.2) is 0 Å². The molecular weight excluding hydrogens is 374 g/mol. The van der Waals surface area contributed by atoms with Crippen LogP contribution in [0.25, 0.3) is 10.9 Å². The highest BCUT2D eigenvalue weighted by Crippen LogP contribution is 2.29. The van der Waals surface area contributed by atoms with Crippen molar-refractivity contribution in [3.8, 4) is 5.75 Å². The van der Waals surface area contributed by atoms with Gasteiger partial charge in [0.1, 0.15) is 29.8 Å². The molecule has 0 spiro atoms. The van der Waals surface area contributed by atoms with E-state index in [4.69, 9.17) is 9.47 Å². The lowest BCUT2D eigenvalue weighted by atomic mass is 10.2. The number of hydrogen-bond acceptors (Lipinski definition) is 5.